The van der Waals surface area contributed by atoms with Crippen LogP contribution in [0.25, 0.3) is 0 Å². The fourth-order valence-electron chi connectivity index (χ4n) is 1.69. The fraction of sp³-hybridized carbons (Fsp3) is 0.500. The molecule has 4 heteroatoms. The average Bonchev–Trinajstić information content (AvgIpc) is 3.01. The molecule has 2 N–H and O–H groups in total. The number of anilines is 1. The molecule has 1 heterocycles. The molecule has 0 radical (unpaired) electrons. The molecule has 4 nitrogen and oxygen atoms in total. The van der Waals surface area contributed by atoms with E-state index in [-0.39, 0.29) is 5.56 Å². The Morgan fingerprint density at radius 1 is 1.62 bits per heavy atom. The van der Waals surface area contributed by atoms with E-state index < -0.39 is 5.97 Å². The smallest absolute Gasteiger partial charge is 0.339 e. The highest BCUT2D eigenvalue weighted by molar-refractivity contribution is 5.93. The minimum Gasteiger partial charge on any atom is -0.478 e. The number of rotatable bonds is 5. The molecule has 1 aromatic rings. The highest BCUT2D eigenvalue weighted by Gasteiger charge is 2.20. The summed E-state index contributed by atoms with van der Waals surface area (Å²) in [6, 6.07) is 1.79. The van der Waals surface area contributed by atoms with Gasteiger partial charge in [-0.2, -0.15) is 0 Å². The molecule has 0 unspecified atom stereocenters. The maximum absolute atomic E-state index is 11.0. The molecule has 1 aliphatic rings. The number of aromatic carboxylic acids is 1. The number of nitrogens with zero attached hydrogens (tertiary/aromatic N) is 1. The van der Waals surface area contributed by atoms with E-state index >= 15 is 0 Å². The van der Waals surface area contributed by atoms with Crippen molar-refractivity contribution in [2.45, 2.75) is 26.2 Å². The normalized spacial score (nSPS) is 14.8. The maximum atomic E-state index is 11.0. The lowest BCUT2D eigenvalue weighted by Crippen LogP contribution is -2.09. The Balaban J connectivity index is 2.03. The summed E-state index contributed by atoms with van der Waals surface area (Å²) in [7, 11) is 0. The molecule has 1 fully saturated rings. The third kappa shape index (κ3) is 2.72. The number of hydrogen-bond donors (Lipinski definition) is 2. The summed E-state index contributed by atoms with van der Waals surface area (Å²) in [5.74, 6) is -0.0786. The second kappa shape index (κ2) is 4.51. The number of carboxylic acids is 1. The van der Waals surface area contributed by atoms with Crippen LogP contribution in [-0.4, -0.2) is 22.6 Å². The highest BCUT2D eigenvalue weighted by Crippen LogP contribution is 2.32. The number of nitrogens with one attached hydrogen (secondary N) is 1. The predicted molar refractivity (Wildman–Crippen MR) is 61.8 cm³/mol. The van der Waals surface area contributed by atoms with Gasteiger partial charge in [-0.1, -0.05) is 12.8 Å². The van der Waals surface area contributed by atoms with E-state index in [1.165, 1.54) is 19.0 Å². The Morgan fingerprint density at radius 2 is 2.38 bits per heavy atom. The van der Waals surface area contributed by atoms with Crippen LogP contribution < -0.4 is 5.32 Å². The van der Waals surface area contributed by atoms with Crippen molar-refractivity contribution in [1.82, 2.24) is 4.98 Å². The number of aromatic nitrogens is 1. The van der Waals surface area contributed by atoms with Gasteiger partial charge < -0.3 is 10.4 Å². The summed E-state index contributed by atoms with van der Waals surface area (Å²) < 4.78 is 0. The summed E-state index contributed by atoms with van der Waals surface area (Å²) in [6.07, 6.45) is 5.18. The third-order valence-electron chi connectivity index (χ3n) is 2.84. The van der Waals surface area contributed by atoms with Crippen molar-refractivity contribution in [3.8, 4) is 0 Å². The van der Waals surface area contributed by atoms with Gasteiger partial charge in [-0.05, 0) is 25.3 Å². The molecule has 0 saturated heterocycles. The van der Waals surface area contributed by atoms with E-state index in [2.05, 4.69) is 10.3 Å². The molecule has 0 spiro atoms. The van der Waals surface area contributed by atoms with Gasteiger partial charge in [-0.15, -0.1) is 0 Å². The number of carbonyl (C=O) groups is 1. The SMILES string of the molecule is Cc1cc(NCCC2CC2)c(C(=O)O)cn1. The van der Waals surface area contributed by atoms with Crippen LogP contribution >= 0.6 is 0 Å². The first-order valence-corrected chi connectivity index (χ1v) is 5.60. The zero-order valence-corrected chi connectivity index (χ0v) is 9.36. The van der Waals surface area contributed by atoms with Gasteiger partial charge in [-0.25, -0.2) is 4.79 Å². The van der Waals surface area contributed by atoms with E-state index in [1.807, 2.05) is 6.92 Å². The van der Waals surface area contributed by atoms with E-state index in [9.17, 15) is 4.79 Å². The second-order valence-corrected chi connectivity index (χ2v) is 4.34. The Bertz CT molecular complexity index is 400. The second-order valence-electron chi connectivity index (χ2n) is 4.34. The molecule has 1 saturated carbocycles. The van der Waals surface area contributed by atoms with Crippen molar-refractivity contribution >= 4 is 11.7 Å². The molecule has 0 aromatic carbocycles. The van der Waals surface area contributed by atoms with Crippen LogP contribution in [0.15, 0.2) is 12.3 Å². The summed E-state index contributed by atoms with van der Waals surface area (Å²) in [6.45, 7) is 2.70. The summed E-state index contributed by atoms with van der Waals surface area (Å²) in [5.41, 5.74) is 1.76. The Morgan fingerprint density at radius 3 is 3.00 bits per heavy atom. The van der Waals surface area contributed by atoms with E-state index in [0.29, 0.717) is 5.69 Å². The Hall–Kier alpha value is -1.58. The van der Waals surface area contributed by atoms with E-state index in [4.69, 9.17) is 5.11 Å². The molecule has 0 bridgehead atoms. The van der Waals surface area contributed by atoms with Gasteiger partial charge in [0.2, 0.25) is 0 Å². The molecular weight excluding hydrogens is 204 g/mol. The van der Waals surface area contributed by atoms with Gasteiger partial charge in [0.25, 0.3) is 0 Å². The molecule has 16 heavy (non-hydrogen) atoms. The monoisotopic (exact) mass is 220 g/mol. The molecule has 0 aliphatic heterocycles. The third-order valence-corrected chi connectivity index (χ3v) is 2.84. The molecular formula is C12H16N2O2. The fourth-order valence-corrected chi connectivity index (χ4v) is 1.69. The van der Waals surface area contributed by atoms with Crippen LogP contribution in [0.2, 0.25) is 0 Å². The Kier molecular flexibility index (Phi) is 3.08. The van der Waals surface area contributed by atoms with Crippen LogP contribution in [0, 0.1) is 12.8 Å². The molecule has 1 aliphatic carbocycles. The number of carboxylic acid groups (broad SMARTS) is 1. The number of hydrogen-bond acceptors (Lipinski definition) is 3. The van der Waals surface area contributed by atoms with Gasteiger partial charge in [0.15, 0.2) is 0 Å². The predicted octanol–water partition coefficient (Wildman–Crippen LogP) is 2.30. The van der Waals surface area contributed by atoms with E-state index in [1.54, 1.807) is 6.07 Å². The summed E-state index contributed by atoms with van der Waals surface area (Å²) in [5, 5.41) is 12.2. The molecule has 2 rings (SSSR count). The first kappa shape index (κ1) is 10.9. The van der Waals surface area contributed by atoms with Crippen LogP contribution in [-0.2, 0) is 0 Å². The number of aryl methyl sites for hydroxylation is 1. The van der Waals surface area contributed by atoms with Crippen molar-refractivity contribution in [2.75, 3.05) is 11.9 Å². The van der Waals surface area contributed by atoms with Crippen LogP contribution in [0.3, 0.4) is 0 Å². The van der Waals surface area contributed by atoms with Crippen molar-refractivity contribution in [3.05, 3.63) is 23.5 Å². The minimum absolute atomic E-state index is 0.251. The van der Waals surface area contributed by atoms with Crippen molar-refractivity contribution < 1.29 is 9.90 Å². The first-order chi connectivity index (χ1) is 7.66. The van der Waals surface area contributed by atoms with Gasteiger partial charge in [0.1, 0.15) is 5.56 Å². The Labute approximate surface area is 94.7 Å². The quantitative estimate of drug-likeness (QED) is 0.799. The minimum atomic E-state index is -0.929. The van der Waals surface area contributed by atoms with Crippen molar-refractivity contribution in [3.63, 3.8) is 0 Å². The molecule has 0 amide bonds. The van der Waals surface area contributed by atoms with Crippen LogP contribution in [0.5, 0.6) is 0 Å². The molecule has 1 aromatic heterocycles. The van der Waals surface area contributed by atoms with Crippen molar-refractivity contribution in [1.29, 1.82) is 0 Å². The van der Waals surface area contributed by atoms with Gasteiger partial charge in [-0.3, -0.25) is 4.98 Å². The summed E-state index contributed by atoms with van der Waals surface area (Å²) >= 11 is 0. The highest BCUT2D eigenvalue weighted by atomic mass is 16.4. The zero-order chi connectivity index (χ0) is 11.5. The summed E-state index contributed by atoms with van der Waals surface area (Å²) in [4.78, 5) is 15.0. The number of pyridine rings is 1. The van der Waals surface area contributed by atoms with Crippen LogP contribution in [0.1, 0.15) is 35.3 Å². The van der Waals surface area contributed by atoms with Gasteiger partial charge in [0.05, 0.1) is 5.69 Å². The lowest BCUT2D eigenvalue weighted by molar-refractivity contribution is 0.0697. The molecule has 86 valence electrons. The largest absolute Gasteiger partial charge is 0.478 e. The average molecular weight is 220 g/mol. The van der Waals surface area contributed by atoms with Crippen molar-refractivity contribution in [2.24, 2.45) is 5.92 Å². The lowest BCUT2D eigenvalue weighted by atomic mass is 10.2. The molecule has 0 atom stereocenters. The van der Waals surface area contributed by atoms with E-state index in [0.717, 1.165) is 24.6 Å². The zero-order valence-electron chi connectivity index (χ0n) is 9.36. The maximum Gasteiger partial charge on any atom is 0.339 e. The van der Waals surface area contributed by atoms with Gasteiger partial charge >= 0.3 is 5.97 Å². The standard InChI is InChI=1S/C12H16N2O2/c1-8-6-11(10(7-14-8)12(15)16)13-5-4-9-2-3-9/h6-7,9H,2-5H2,1H3,(H,13,14)(H,15,16). The van der Waals surface area contributed by atoms with Crippen LogP contribution in [0.4, 0.5) is 5.69 Å². The topological polar surface area (TPSA) is 62.2 Å². The van der Waals surface area contributed by atoms with Gasteiger partial charge in [0, 0.05) is 18.4 Å². The lowest BCUT2D eigenvalue weighted by Gasteiger charge is -2.09. The first-order valence-electron chi connectivity index (χ1n) is 5.60.